The number of aromatic amines is 1. The van der Waals surface area contributed by atoms with Gasteiger partial charge in [0, 0.05) is 12.4 Å². The fraction of sp³-hybridized carbons (Fsp3) is 0. The molecule has 0 saturated carbocycles. The van der Waals surface area contributed by atoms with Crippen molar-refractivity contribution in [3.63, 3.8) is 0 Å². The molecular formula is C12H11N5O2S. The molecule has 0 fully saturated rings. The van der Waals surface area contributed by atoms with Gasteiger partial charge in [0.2, 0.25) is 0 Å². The Balaban J connectivity index is 1.91. The Morgan fingerprint density at radius 3 is 2.75 bits per heavy atom. The third-order valence-corrected chi connectivity index (χ3v) is 3.94. The highest BCUT2D eigenvalue weighted by molar-refractivity contribution is 7.92. The number of aromatic nitrogens is 4. The molecule has 3 rings (SSSR count). The van der Waals surface area contributed by atoms with Crippen molar-refractivity contribution in [2.45, 2.75) is 5.03 Å². The minimum atomic E-state index is -3.65. The van der Waals surface area contributed by atoms with E-state index in [0.717, 1.165) is 5.69 Å². The Bertz CT molecular complexity index is 794. The lowest BCUT2D eigenvalue weighted by atomic mass is 10.3. The lowest BCUT2D eigenvalue weighted by molar-refractivity contribution is 0.597. The molecule has 0 aliphatic heterocycles. The Hall–Kier alpha value is -2.61. The minimum Gasteiger partial charge on any atom is -0.278 e. The van der Waals surface area contributed by atoms with E-state index >= 15 is 0 Å². The fourth-order valence-electron chi connectivity index (χ4n) is 1.74. The number of nitrogens with zero attached hydrogens (tertiary/aromatic N) is 3. The number of hydrogen-bond donors (Lipinski definition) is 2. The van der Waals surface area contributed by atoms with Gasteiger partial charge in [-0.15, -0.1) is 0 Å². The van der Waals surface area contributed by atoms with Crippen molar-refractivity contribution >= 4 is 15.7 Å². The van der Waals surface area contributed by atoms with E-state index in [1.54, 1.807) is 41.3 Å². The van der Waals surface area contributed by atoms with Crippen molar-refractivity contribution < 1.29 is 8.42 Å². The van der Waals surface area contributed by atoms with Gasteiger partial charge in [-0.2, -0.15) is 18.6 Å². The molecule has 0 bridgehead atoms. The van der Waals surface area contributed by atoms with Crippen molar-refractivity contribution in [1.29, 1.82) is 0 Å². The first-order chi connectivity index (χ1) is 9.65. The lowest BCUT2D eigenvalue weighted by Crippen LogP contribution is -2.13. The summed E-state index contributed by atoms with van der Waals surface area (Å²) < 4.78 is 28.2. The normalized spacial score (nSPS) is 11.4. The molecule has 0 spiro atoms. The number of benzene rings is 1. The van der Waals surface area contributed by atoms with Gasteiger partial charge in [0.05, 0.1) is 17.6 Å². The molecule has 0 amide bonds. The average molecular weight is 289 g/mol. The molecule has 20 heavy (non-hydrogen) atoms. The highest BCUT2D eigenvalue weighted by Gasteiger charge is 2.15. The van der Waals surface area contributed by atoms with Crippen molar-refractivity contribution in [1.82, 2.24) is 20.0 Å². The maximum absolute atomic E-state index is 12.1. The molecule has 3 aromatic rings. The summed E-state index contributed by atoms with van der Waals surface area (Å²) >= 11 is 0. The van der Waals surface area contributed by atoms with E-state index in [1.807, 2.05) is 6.07 Å². The van der Waals surface area contributed by atoms with Crippen LogP contribution in [0.3, 0.4) is 0 Å². The summed E-state index contributed by atoms with van der Waals surface area (Å²) in [5, 5.41) is 10.2. The smallest absolute Gasteiger partial charge is 0.278 e. The monoisotopic (exact) mass is 289 g/mol. The van der Waals surface area contributed by atoms with Crippen LogP contribution < -0.4 is 4.72 Å². The van der Waals surface area contributed by atoms with Gasteiger partial charge in [-0.1, -0.05) is 6.07 Å². The van der Waals surface area contributed by atoms with Crippen molar-refractivity contribution in [2.75, 3.05) is 4.72 Å². The fourth-order valence-corrected chi connectivity index (χ4v) is 2.70. The van der Waals surface area contributed by atoms with Gasteiger partial charge in [0.1, 0.15) is 0 Å². The quantitative estimate of drug-likeness (QED) is 0.759. The van der Waals surface area contributed by atoms with Gasteiger partial charge >= 0.3 is 0 Å². The molecule has 1 aromatic carbocycles. The van der Waals surface area contributed by atoms with Crippen LogP contribution in [0.1, 0.15) is 0 Å². The first-order valence-electron chi connectivity index (χ1n) is 5.77. The van der Waals surface area contributed by atoms with Gasteiger partial charge in [-0.3, -0.25) is 9.82 Å². The highest BCUT2D eigenvalue weighted by Crippen LogP contribution is 2.17. The molecule has 2 N–H and O–H groups in total. The number of nitrogens with one attached hydrogen (secondary N) is 2. The number of sulfonamides is 1. The summed E-state index contributed by atoms with van der Waals surface area (Å²) in [7, 11) is -3.65. The number of anilines is 1. The summed E-state index contributed by atoms with van der Waals surface area (Å²) in [4.78, 5) is 0. The third-order valence-electron chi connectivity index (χ3n) is 2.63. The van der Waals surface area contributed by atoms with Crippen LogP contribution in [-0.2, 0) is 10.0 Å². The van der Waals surface area contributed by atoms with Crippen LogP contribution >= 0.6 is 0 Å². The van der Waals surface area contributed by atoms with Crippen molar-refractivity contribution in [3.8, 4) is 5.69 Å². The van der Waals surface area contributed by atoms with Crippen LogP contribution in [0.5, 0.6) is 0 Å². The molecule has 0 saturated heterocycles. The highest BCUT2D eigenvalue weighted by atomic mass is 32.2. The molecule has 0 aliphatic rings. The first-order valence-corrected chi connectivity index (χ1v) is 7.26. The van der Waals surface area contributed by atoms with Gasteiger partial charge in [-0.05, 0) is 30.3 Å². The van der Waals surface area contributed by atoms with Crippen molar-refractivity contribution in [2.24, 2.45) is 0 Å². The summed E-state index contributed by atoms with van der Waals surface area (Å²) in [6.45, 7) is 0. The van der Waals surface area contributed by atoms with Crippen LogP contribution in [0.25, 0.3) is 5.69 Å². The van der Waals surface area contributed by atoms with Gasteiger partial charge in [0.25, 0.3) is 10.0 Å². The molecule has 2 heterocycles. The van der Waals surface area contributed by atoms with Crippen LogP contribution in [0.2, 0.25) is 0 Å². The van der Waals surface area contributed by atoms with E-state index in [1.165, 1.54) is 12.3 Å². The number of rotatable bonds is 4. The van der Waals surface area contributed by atoms with Crippen LogP contribution in [0.4, 0.5) is 5.69 Å². The van der Waals surface area contributed by atoms with Gasteiger partial charge in [-0.25, -0.2) is 4.68 Å². The van der Waals surface area contributed by atoms with Gasteiger partial charge in [0.15, 0.2) is 5.03 Å². The van der Waals surface area contributed by atoms with E-state index in [-0.39, 0.29) is 5.03 Å². The van der Waals surface area contributed by atoms with E-state index in [2.05, 4.69) is 20.0 Å². The average Bonchev–Trinajstić information content (AvgIpc) is 3.12. The molecule has 102 valence electrons. The van der Waals surface area contributed by atoms with Crippen LogP contribution in [0.15, 0.2) is 60.0 Å². The van der Waals surface area contributed by atoms with E-state index in [9.17, 15) is 8.42 Å². The SMILES string of the molecule is O=S(=O)(Nc1cccc(-n2cccn2)c1)c1ccn[nH]1. The van der Waals surface area contributed by atoms with Crippen LogP contribution in [-0.4, -0.2) is 28.4 Å². The summed E-state index contributed by atoms with van der Waals surface area (Å²) in [5.74, 6) is 0. The van der Waals surface area contributed by atoms with Crippen LogP contribution in [0, 0.1) is 0 Å². The maximum Gasteiger partial charge on any atom is 0.278 e. The molecule has 0 atom stereocenters. The second kappa shape index (κ2) is 4.82. The van der Waals surface area contributed by atoms with E-state index in [0.29, 0.717) is 5.69 Å². The first kappa shape index (κ1) is 12.4. The Morgan fingerprint density at radius 2 is 2.05 bits per heavy atom. The second-order valence-corrected chi connectivity index (χ2v) is 5.68. The van der Waals surface area contributed by atoms with E-state index in [4.69, 9.17) is 0 Å². The number of H-pyrrole nitrogens is 1. The predicted octanol–water partition coefficient (Wildman–Crippen LogP) is 1.40. The largest absolute Gasteiger partial charge is 0.278 e. The lowest BCUT2D eigenvalue weighted by Gasteiger charge is -2.08. The Kier molecular flexibility index (Phi) is 2.99. The molecule has 8 heteroatoms. The maximum atomic E-state index is 12.1. The standard InChI is InChI=1S/C12H11N5O2S/c18-20(19,12-5-7-13-15-12)16-10-3-1-4-11(9-10)17-8-2-6-14-17/h1-9,16H,(H,13,15). The Labute approximate surface area is 115 Å². The number of hydrogen-bond acceptors (Lipinski definition) is 4. The summed E-state index contributed by atoms with van der Waals surface area (Å²) in [5.41, 5.74) is 1.22. The molecule has 7 nitrogen and oxygen atoms in total. The molecule has 0 unspecified atom stereocenters. The Morgan fingerprint density at radius 1 is 1.15 bits per heavy atom. The summed E-state index contributed by atoms with van der Waals surface area (Å²) in [6, 6.07) is 10.1. The zero-order chi connectivity index (χ0) is 14.0. The molecular weight excluding hydrogens is 278 g/mol. The topological polar surface area (TPSA) is 92.7 Å². The zero-order valence-electron chi connectivity index (χ0n) is 10.3. The predicted molar refractivity (Wildman–Crippen MR) is 73.0 cm³/mol. The van der Waals surface area contributed by atoms with E-state index < -0.39 is 10.0 Å². The summed E-state index contributed by atoms with van der Waals surface area (Å²) in [6.07, 6.45) is 4.82. The molecule has 0 aliphatic carbocycles. The third kappa shape index (κ3) is 2.41. The van der Waals surface area contributed by atoms with Gasteiger partial charge < -0.3 is 0 Å². The zero-order valence-corrected chi connectivity index (χ0v) is 11.1. The molecule has 2 aromatic heterocycles. The molecule has 0 radical (unpaired) electrons. The minimum absolute atomic E-state index is 0.0157. The second-order valence-electron chi connectivity index (χ2n) is 4.03. The van der Waals surface area contributed by atoms with Crippen molar-refractivity contribution in [3.05, 3.63) is 55.0 Å².